The smallest absolute Gasteiger partial charge is 0.244 e. The summed E-state index contributed by atoms with van der Waals surface area (Å²) in [5.41, 5.74) is 9.41. The second-order valence-corrected chi connectivity index (χ2v) is 8.98. The molecule has 0 saturated carbocycles. The van der Waals surface area contributed by atoms with Crippen molar-refractivity contribution >= 4 is 39.1 Å². The number of benzene rings is 2. The molecular formula is C23H19BrCl2N4O3. The normalized spacial score (nSPS) is 15.0. The number of rotatable bonds is 6. The van der Waals surface area contributed by atoms with E-state index in [1.54, 1.807) is 12.1 Å². The van der Waals surface area contributed by atoms with E-state index in [1.165, 1.54) is 0 Å². The lowest BCUT2D eigenvalue weighted by molar-refractivity contribution is 0.267. The van der Waals surface area contributed by atoms with Crippen molar-refractivity contribution in [2.24, 2.45) is 5.73 Å². The molecule has 170 valence electrons. The maximum absolute atomic E-state index is 9.81. The summed E-state index contributed by atoms with van der Waals surface area (Å²) >= 11 is 15.9. The topological polar surface area (TPSA) is 106 Å². The highest BCUT2D eigenvalue weighted by atomic mass is 79.9. The molecule has 33 heavy (non-hydrogen) atoms. The van der Waals surface area contributed by atoms with Crippen LogP contribution in [0.1, 0.15) is 35.2 Å². The number of fused-ring (bicyclic) bond motifs is 1. The summed E-state index contributed by atoms with van der Waals surface area (Å²) in [6.45, 7) is 4.38. The van der Waals surface area contributed by atoms with E-state index in [2.05, 4.69) is 32.2 Å². The fourth-order valence-corrected chi connectivity index (χ4v) is 4.72. The number of halogens is 3. The molecule has 0 bridgehead atoms. The van der Waals surface area contributed by atoms with Crippen molar-refractivity contribution in [3.8, 4) is 23.4 Å². The molecule has 1 aliphatic rings. The highest BCUT2D eigenvalue weighted by molar-refractivity contribution is 9.10. The Bertz CT molecular complexity index is 1300. The van der Waals surface area contributed by atoms with Gasteiger partial charge in [0.15, 0.2) is 11.5 Å². The first kappa shape index (κ1) is 23.3. The molecule has 3 N–H and O–H groups in total. The van der Waals surface area contributed by atoms with Gasteiger partial charge in [0.05, 0.1) is 17.0 Å². The van der Waals surface area contributed by atoms with Crippen molar-refractivity contribution in [3.63, 3.8) is 0 Å². The second kappa shape index (κ2) is 9.56. The molecule has 1 aromatic heterocycles. The zero-order valence-electron chi connectivity index (χ0n) is 17.7. The van der Waals surface area contributed by atoms with E-state index in [0.717, 1.165) is 22.4 Å². The van der Waals surface area contributed by atoms with Crippen molar-refractivity contribution in [2.45, 2.75) is 26.4 Å². The quantitative estimate of drug-likeness (QED) is 0.391. The maximum Gasteiger partial charge on any atom is 0.244 e. The van der Waals surface area contributed by atoms with Crippen LogP contribution in [0, 0.1) is 18.3 Å². The van der Waals surface area contributed by atoms with E-state index >= 15 is 0 Å². The molecule has 2 aromatic carbocycles. The first-order chi connectivity index (χ1) is 15.8. The number of nitriles is 1. The monoisotopic (exact) mass is 548 g/mol. The molecule has 0 spiro atoms. The van der Waals surface area contributed by atoms with E-state index < -0.39 is 5.92 Å². The zero-order chi connectivity index (χ0) is 23.7. The number of aromatic amines is 1. The molecule has 3 aromatic rings. The van der Waals surface area contributed by atoms with Gasteiger partial charge in [0.25, 0.3) is 0 Å². The van der Waals surface area contributed by atoms with Crippen molar-refractivity contribution in [1.82, 2.24) is 10.2 Å². The predicted molar refractivity (Wildman–Crippen MR) is 129 cm³/mol. The Morgan fingerprint density at radius 3 is 2.76 bits per heavy atom. The van der Waals surface area contributed by atoms with Gasteiger partial charge in [-0.25, -0.2) is 0 Å². The molecular weight excluding hydrogens is 531 g/mol. The Hall–Kier alpha value is -2.86. The van der Waals surface area contributed by atoms with Gasteiger partial charge in [0, 0.05) is 26.9 Å². The maximum atomic E-state index is 9.81. The van der Waals surface area contributed by atoms with Gasteiger partial charge < -0.3 is 19.9 Å². The lowest BCUT2D eigenvalue weighted by Gasteiger charge is -2.25. The third-order valence-electron chi connectivity index (χ3n) is 5.18. The van der Waals surface area contributed by atoms with Crippen LogP contribution in [-0.2, 0) is 6.61 Å². The molecule has 0 amide bonds. The molecule has 2 heterocycles. The first-order valence-electron chi connectivity index (χ1n) is 9.99. The van der Waals surface area contributed by atoms with Crippen LogP contribution in [0.4, 0.5) is 0 Å². The molecule has 10 heteroatoms. The molecule has 1 aliphatic heterocycles. The van der Waals surface area contributed by atoms with Gasteiger partial charge in [-0.1, -0.05) is 29.3 Å². The summed E-state index contributed by atoms with van der Waals surface area (Å²) in [6.07, 6.45) is 0. The number of aryl methyl sites for hydroxylation is 1. The number of ether oxygens (including phenoxy) is 3. The van der Waals surface area contributed by atoms with Crippen molar-refractivity contribution in [3.05, 3.63) is 78.7 Å². The minimum Gasteiger partial charge on any atom is -0.490 e. The van der Waals surface area contributed by atoms with E-state index in [0.29, 0.717) is 44.1 Å². The highest BCUT2D eigenvalue weighted by Crippen LogP contribution is 2.47. The van der Waals surface area contributed by atoms with E-state index in [-0.39, 0.29) is 12.5 Å². The molecule has 0 saturated heterocycles. The second-order valence-electron chi connectivity index (χ2n) is 7.28. The van der Waals surface area contributed by atoms with Crippen LogP contribution in [-0.4, -0.2) is 16.8 Å². The van der Waals surface area contributed by atoms with Crippen LogP contribution in [0.2, 0.25) is 10.0 Å². The number of aromatic nitrogens is 2. The fraction of sp³-hybridized carbons (Fsp3) is 0.217. The lowest BCUT2D eigenvalue weighted by atomic mass is 9.84. The molecule has 0 radical (unpaired) electrons. The molecule has 0 aliphatic carbocycles. The summed E-state index contributed by atoms with van der Waals surface area (Å²) in [5, 5.41) is 17.9. The van der Waals surface area contributed by atoms with Gasteiger partial charge in [0.2, 0.25) is 11.8 Å². The molecule has 1 atom stereocenters. The Labute approximate surface area is 209 Å². The Morgan fingerprint density at radius 2 is 2.06 bits per heavy atom. The van der Waals surface area contributed by atoms with Crippen LogP contribution in [0.15, 0.2) is 46.3 Å². The average Bonchev–Trinajstić information content (AvgIpc) is 3.13. The van der Waals surface area contributed by atoms with Gasteiger partial charge in [-0.05, 0) is 59.6 Å². The van der Waals surface area contributed by atoms with Gasteiger partial charge in [-0.3, -0.25) is 5.10 Å². The first-order valence-corrected chi connectivity index (χ1v) is 11.5. The SMILES string of the molecule is CCOc1cc([C@@H]2C(C#N)=C(N)Oc3n[nH]c(C)c32)cc(Br)c1OCc1ccc(Cl)cc1Cl. The van der Waals surface area contributed by atoms with Gasteiger partial charge in [-0.15, -0.1) is 5.10 Å². The molecule has 4 rings (SSSR count). The van der Waals surface area contributed by atoms with Gasteiger partial charge >= 0.3 is 0 Å². The minimum atomic E-state index is -0.479. The van der Waals surface area contributed by atoms with E-state index in [1.807, 2.05) is 32.0 Å². The average molecular weight is 550 g/mol. The number of nitrogens with two attached hydrogens (primary N) is 1. The minimum absolute atomic E-state index is 0.0216. The predicted octanol–water partition coefficient (Wildman–Crippen LogP) is 5.98. The number of allylic oxidation sites excluding steroid dienone is 1. The Morgan fingerprint density at radius 1 is 1.27 bits per heavy atom. The third kappa shape index (κ3) is 4.49. The third-order valence-corrected chi connectivity index (χ3v) is 6.36. The molecule has 0 unspecified atom stereocenters. The Kier molecular flexibility index (Phi) is 6.75. The lowest BCUT2D eigenvalue weighted by Crippen LogP contribution is -2.21. The largest absolute Gasteiger partial charge is 0.490 e. The number of hydrogen-bond acceptors (Lipinski definition) is 6. The number of nitrogens with one attached hydrogen (secondary N) is 1. The summed E-state index contributed by atoms with van der Waals surface area (Å²) in [7, 11) is 0. The standard InChI is InChI=1S/C23H19BrCl2N4O3/c1-3-31-18-7-13(20-15(9-27)22(28)33-23-19(20)11(2)29-30-23)6-16(24)21(18)32-10-12-4-5-14(25)8-17(12)26/h4-8,20H,3,10,28H2,1-2H3,(H,29,30)/t20-/m1/s1. The van der Waals surface area contributed by atoms with E-state index in [9.17, 15) is 5.26 Å². The zero-order valence-corrected chi connectivity index (χ0v) is 20.8. The van der Waals surface area contributed by atoms with Crippen LogP contribution in [0.5, 0.6) is 17.4 Å². The number of hydrogen-bond donors (Lipinski definition) is 2. The van der Waals surface area contributed by atoms with Crippen LogP contribution < -0.4 is 19.9 Å². The van der Waals surface area contributed by atoms with Crippen molar-refractivity contribution in [2.75, 3.05) is 6.61 Å². The molecule has 7 nitrogen and oxygen atoms in total. The van der Waals surface area contributed by atoms with Gasteiger partial charge in [0.1, 0.15) is 18.2 Å². The van der Waals surface area contributed by atoms with E-state index in [4.69, 9.17) is 43.1 Å². The summed E-state index contributed by atoms with van der Waals surface area (Å²) < 4.78 is 18.2. The fourth-order valence-electron chi connectivity index (χ4n) is 3.68. The van der Waals surface area contributed by atoms with Crippen LogP contribution in [0.25, 0.3) is 0 Å². The van der Waals surface area contributed by atoms with Crippen LogP contribution in [0.3, 0.4) is 0 Å². The summed E-state index contributed by atoms with van der Waals surface area (Å²) in [5.74, 6) is 0.914. The van der Waals surface area contributed by atoms with Crippen LogP contribution >= 0.6 is 39.1 Å². The van der Waals surface area contributed by atoms with Crippen molar-refractivity contribution in [1.29, 1.82) is 5.26 Å². The van der Waals surface area contributed by atoms with Crippen molar-refractivity contribution < 1.29 is 14.2 Å². The molecule has 0 fully saturated rings. The number of H-pyrrole nitrogens is 1. The number of nitrogens with zero attached hydrogens (tertiary/aromatic N) is 2. The Balaban J connectivity index is 1.76. The highest BCUT2D eigenvalue weighted by Gasteiger charge is 2.35. The van der Waals surface area contributed by atoms with Gasteiger partial charge in [-0.2, -0.15) is 5.26 Å². The summed E-state index contributed by atoms with van der Waals surface area (Å²) in [6, 6.07) is 11.1. The summed E-state index contributed by atoms with van der Waals surface area (Å²) in [4.78, 5) is 0.